The molecule has 0 aliphatic carbocycles. The van der Waals surface area contributed by atoms with Gasteiger partial charge < -0.3 is 4.90 Å². The van der Waals surface area contributed by atoms with Crippen LogP contribution in [0.1, 0.15) is 11.1 Å². The van der Waals surface area contributed by atoms with Crippen LogP contribution in [0.3, 0.4) is 0 Å². The summed E-state index contributed by atoms with van der Waals surface area (Å²) in [6, 6.07) is 6.60. The van der Waals surface area contributed by atoms with Crippen molar-refractivity contribution in [1.29, 1.82) is 0 Å². The third-order valence-corrected chi connectivity index (χ3v) is 4.00. The minimum atomic E-state index is 0.967. The fourth-order valence-electron chi connectivity index (χ4n) is 2.08. The second-order valence-electron chi connectivity index (χ2n) is 4.53. The average Bonchev–Trinajstić information content (AvgIpc) is 2.42. The van der Waals surface area contributed by atoms with Crippen LogP contribution in [-0.4, -0.2) is 13.3 Å². The summed E-state index contributed by atoms with van der Waals surface area (Å²) in [5.41, 5.74) is 4.92. The summed E-state index contributed by atoms with van der Waals surface area (Å²) in [5.74, 6) is 0. The van der Waals surface area contributed by atoms with Gasteiger partial charge in [-0.15, -0.1) is 11.8 Å². The highest BCUT2D eigenvalue weighted by atomic mass is 32.2. The summed E-state index contributed by atoms with van der Waals surface area (Å²) >= 11 is 1.77. The Morgan fingerprint density at radius 1 is 1.28 bits per heavy atom. The summed E-state index contributed by atoms with van der Waals surface area (Å²) in [5, 5.41) is 0. The largest absolute Gasteiger partial charge is 0.345 e. The van der Waals surface area contributed by atoms with E-state index in [0.717, 1.165) is 12.1 Å². The van der Waals surface area contributed by atoms with Crippen molar-refractivity contribution in [3.05, 3.63) is 64.7 Å². The Bertz CT molecular complexity index is 526. The number of hydrogen-bond acceptors (Lipinski definition) is 2. The fraction of sp³-hybridized carbons (Fsp3) is 0.250. The predicted octanol–water partition coefficient (Wildman–Crippen LogP) is 4.30. The van der Waals surface area contributed by atoms with Gasteiger partial charge in [-0.3, -0.25) is 0 Å². The maximum absolute atomic E-state index is 4.13. The highest BCUT2D eigenvalue weighted by molar-refractivity contribution is 8.02. The predicted molar refractivity (Wildman–Crippen MR) is 83.2 cm³/mol. The molecule has 0 saturated carbocycles. The van der Waals surface area contributed by atoms with Crippen molar-refractivity contribution < 1.29 is 0 Å². The summed E-state index contributed by atoms with van der Waals surface area (Å²) in [7, 11) is 2.07. The van der Waals surface area contributed by atoms with Crippen LogP contribution in [0.2, 0.25) is 0 Å². The van der Waals surface area contributed by atoms with Gasteiger partial charge in [-0.05, 0) is 43.4 Å². The van der Waals surface area contributed by atoms with E-state index >= 15 is 0 Å². The highest BCUT2D eigenvalue weighted by Crippen LogP contribution is 2.28. The molecule has 1 heterocycles. The van der Waals surface area contributed by atoms with Crippen LogP contribution in [0.15, 0.2) is 53.6 Å². The van der Waals surface area contributed by atoms with E-state index in [9.17, 15) is 0 Å². The van der Waals surface area contributed by atoms with E-state index in [0.29, 0.717) is 0 Å². The van der Waals surface area contributed by atoms with Crippen molar-refractivity contribution in [1.82, 2.24) is 0 Å². The van der Waals surface area contributed by atoms with Crippen molar-refractivity contribution >= 4 is 17.4 Å². The third-order valence-electron chi connectivity index (χ3n) is 3.23. The van der Waals surface area contributed by atoms with Crippen LogP contribution in [0, 0.1) is 6.92 Å². The first kappa shape index (κ1) is 13.0. The molecule has 1 nitrogen and oxygen atoms in total. The van der Waals surface area contributed by atoms with Gasteiger partial charge in [0.15, 0.2) is 0 Å². The molecule has 2 heteroatoms. The Morgan fingerprint density at radius 3 is 2.78 bits per heavy atom. The lowest BCUT2D eigenvalue weighted by Gasteiger charge is -2.22. The molecule has 1 aromatic rings. The molecule has 1 aliphatic rings. The second-order valence-corrected chi connectivity index (χ2v) is 5.41. The summed E-state index contributed by atoms with van der Waals surface area (Å²) < 4.78 is 0. The number of nitrogens with zero attached hydrogens (tertiary/aromatic N) is 1. The number of aryl methyl sites for hydroxylation is 1. The molecular formula is C16H19NS. The summed E-state index contributed by atoms with van der Waals surface area (Å²) in [6.45, 7) is 6.27. The molecule has 0 bridgehead atoms. The Balaban J connectivity index is 2.51. The number of likely N-dealkylation sites (N-methyl/N-ethyl adjacent to an activating group) is 1. The maximum atomic E-state index is 4.13. The van der Waals surface area contributed by atoms with Crippen molar-refractivity contribution in [3.63, 3.8) is 0 Å². The molecule has 0 atom stereocenters. The third kappa shape index (κ3) is 2.70. The van der Waals surface area contributed by atoms with Gasteiger partial charge in [-0.1, -0.05) is 30.4 Å². The minimum absolute atomic E-state index is 0.967. The molecule has 0 N–H and O–H groups in total. The van der Waals surface area contributed by atoms with Crippen LogP contribution in [0.5, 0.6) is 0 Å². The van der Waals surface area contributed by atoms with Crippen LogP contribution >= 0.6 is 11.8 Å². The summed E-state index contributed by atoms with van der Waals surface area (Å²) in [6.07, 6.45) is 9.58. The van der Waals surface area contributed by atoms with E-state index in [2.05, 4.69) is 68.1 Å². The fourth-order valence-corrected chi connectivity index (χ4v) is 2.53. The molecule has 1 aromatic carbocycles. The first-order chi connectivity index (χ1) is 8.61. The van der Waals surface area contributed by atoms with E-state index in [1.807, 2.05) is 0 Å². The number of allylic oxidation sites excluding steroid dienone is 3. The van der Waals surface area contributed by atoms with E-state index in [-0.39, 0.29) is 0 Å². The molecule has 0 amide bonds. The Labute approximate surface area is 114 Å². The second kappa shape index (κ2) is 5.49. The average molecular weight is 257 g/mol. The van der Waals surface area contributed by atoms with Gasteiger partial charge in [-0.2, -0.15) is 0 Å². The quantitative estimate of drug-likeness (QED) is 0.737. The van der Waals surface area contributed by atoms with Crippen molar-refractivity contribution in [2.24, 2.45) is 0 Å². The van der Waals surface area contributed by atoms with Crippen LogP contribution < -0.4 is 4.90 Å². The van der Waals surface area contributed by atoms with E-state index in [1.165, 1.54) is 21.7 Å². The normalized spacial score (nSPS) is 20.3. The van der Waals surface area contributed by atoms with Gasteiger partial charge in [-0.25, -0.2) is 0 Å². The smallest absolute Gasteiger partial charge is 0.0443 e. The molecule has 2 rings (SSSR count). The molecule has 0 fully saturated rings. The van der Waals surface area contributed by atoms with Gasteiger partial charge in [0.2, 0.25) is 0 Å². The number of anilines is 1. The monoisotopic (exact) mass is 257 g/mol. The van der Waals surface area contributed by atoms with Gasteiger partial charge in [0.05, 0.1) is 0 Å². The summed E-state index contributed by atoms with van der Waals surface area (Å²) in [4.78, 5) is 3.45. The first-order valence-electron chi connectivity index (χ1n) is 6.06. The van der Waals surface area contributed by atoms with Crippen molar-refractivity contribution in [2.75, 3.05) is 18.2 Å². The minimum Gasteiger partial charge on any atom is -0.345 e. The Hall–Kier alpha value is -1.41. The Morgan fingerprint density at radius 2 is 2.06 bits per heavy atom. The van der Waals surface area contributed by atoms with Gasteiger partial charge in [0.25, 0.3) is 0 Å². The van der Waals surface area contributed by atoms with E-state index in [4.69, 9.17) is 0 Å². The molecule has 0 saturated heterocycles. The Kier molecular flexibility index (Phi) is 3.97. The number of hydrogen-bond donors (Lipinski definition) is 0. The SMILES string of the molecule is C=C1/C=C\C(SC)=C/Cc2cc(C)ccc2N1C. The van der Waals surface area contributed by atoms with E-state index < -0.39 is 0 Å². The molecule has 0 unspecified atom stereocenters. The number of rotatable bonds is 1. The lowest BCUT2D eigenvalue weighted by Crippen LogP contribution is -2.15. The lowest BCUT2D eigenvalue weighted by atomic mass is 10.1. The zero-order valence-corrected chi connectivity index (χ0v) is 12.1. The van der Waals surface area contributed by atoms with Crippen LogP contribution in [-0.2, 0) is 6.42 Å². The van der Waals surface area contributed by atoms with Crippen LogP contribution in [0.25, 0.3) is 0 Å². The van der Waals surface area contributed by atoms with Crippen LogP contribution in [0.4, 0.5) is 5.69 Å². The first-order valence-corrected chi connectivity index (χ1v) is 7.28. The molecule has 0 aromatic heterocycles. The maximum Gasteiger partial charge on any atom is 0.0443 e. The number of thioether (sulfide) groups is 1. The van der Waals surface area contributed by atoms with Gasteiger partial charge >= 0.3 is 0 Å². The zero-order valence-electron chi connectivity index (χ0n) is 11.2. The molecule has 18 heavy (non-hydrogen) atoms. The molecule has 94 valence electrons. The van der Waals surface area contributed by atoms with Crippen molar-refractivity contribution in [2.45, 2.75) is 13.3 Å². The molecule has 0 spiro atoms. The lowest BCUT2D eigenvalue weighted by molar-refractivity contribution is 1.10. The van der Waals surface area contributed by atoms with Gasteiger partial charge in [0, 0.05) is 23.3 Å². The molecular weight excluding hydrogens is 238 g/mol. The number of benzene rings is 1. The van der Waals surface area contributed by atoms with Gasteiger partial charge in [0.1, 0.15) is 0 Å². The number of fused-ring (bicyclic) bond motifs is 1. The standard InChI is InChI=1S/C16H19NS/c1-12-5-10-16-14(11-12)7-9-15(18-4)8-6-13(2)17(16)3/h5-6,8-11H,2,7H2,1,3-4H3/b8-6-,15-9+. The highest BCUT2D eigenvalue weighted by Gasteiger charge is 2.10. The molecule has 1 aliphatic heterocycles. The van der Waals surface area contributed by atoms with Crippen molar-refractivity contribution in [3.8, 4) is 0 Å². The molecule has 0 radical (unpaired) electrons. The van der Waals surface area contributed by atoms with E-state index in [1.54, 1.807) is 11.8 Å². The topological polar surface area (TPSA) is 3.24 Å². The zero-order chi connectivity index (χ0) is 13.1.